The van der Waals surface area contributed by atoms with E-state index in [1.165, 1.54) is 0 Å². The predicted octanol–water partition coefficient (Wildman–Crippen LogP) is 3.37. The van der Waals surface area contributed by atoms with E-state index in [1.54, 1.807) is 0 Å². The van der Waals surface area contributed by atoms with Gasteiger partial charge in [-0.05, 0) is 26.7 Å². The molecular formula is C15H23ClN4O. The smallest absolute Gasteiger partial charge is 0.159 e. The number of ether oxygens (including phenoxy) is 1. The Kier molecular flexibility index (Phi) is 3.97. The minimum absolute atomic E-state index is 0.125. The zero-order valence-corrected chi connectivity index (χ0v) is 13.9. The third-order valence-corrected chi connectivity index (χ3v) is 4.47. The van der Waals surface area contributed by atoms with E-state index >= 15 is 0 Å². The molecular weight excluding hydrogens is 288 g/mol. The molecule has 0 spiro atoms. The lowest BCUT2D eigenvalue weighted by molar-refractivity contribution is 0.107. The zero-order chi connectivity index (χ0) is 15.1. The van der Waals surface area contributed by atoms with E-state index in [4.69, 9.17) is 21.3 Å². The highest BCUT2D eigenvalue weighted by molar-refractivity contribution is 6.20. The molecule has 0 saturated carbocycles. The Morgan fingerprint density at radius 3 is 2.81 bits per heavy atom. The van der Waals surface area contributed by atoms with Crippen LogP contribution in [0.25, 0.3) is 11.2 Å². The Labute approximate surface area is 130 Å². The van der Waals surface area contributed by atoms with Gasteiger partial charge in [-0.15, -0.1) is 11.6 Å². The molecule has 5 nitrogen and oxygen atoms in total. The second-order valence-electron chi connectivity index (χ2n) is 5.88. The molecule has 0 N–H and O–H groups in total. The van der Waals surface area contributed by atoms with Gasteiger partial charge in [-0.2, -0.15) is 5.10 Å². The zero-order valence-electron chi connectivity index (χ0n) is 13.1. The van der Waals surface area contributed by atoms with Gasteiger partial charge in [-0.1, -0.05) is 13.3 Å². The number of hydrogen-bond donors (Lipinski definition) is 0. The van der Waals surface area contributed by atoms with Gasteiger partial charge in [0, 0.05) is 13.7 Å². The van der Waals surface area contributed by atoms with Crippen LogP contribution in [0.5, 0.6) is 0 Å². The summed E-state index contributed by atoms with van der Waals surface area (Å²) in [6.45, 7) is 7.05. The van der Waals surface area contributed by atoms with Crippen molar-refractivity contribution in [2.45, 2.75) is 57.6 Å². The lowest BCUT2D eigenvalue weighted by Gasteiger charge is -2.20. The highest BCUT2D eigenvalue weighted by Crippen LogP contribution is 2.35. The van der Waals surface area contributed by atoms with Crippen molar-refractivity contribution in [3.05, 3.63) is 11.5 Å². The minimum atomic E-state index is -0.125. The van der Waals surface area contributed by atoms with Crippen molar-refractivity contribution in [2.75, 3.05) is 6.61 Å². The van der Waals surface area contributed by atoms with E-state index in [-0.39, 0.29) is 17.5 Å². The number of hydrogen-bond acceptors (Lipinski definition) is 3. The average Bonchev–Trinajstić information content (AvgIpc) is 3.07. The van der Waals surface area contributed by atoms with Crippen LogP contribution in [0, 0.1) is 0 Å². The Balaban J connectivity index is 2.22. The summed E-state index contributed by atoms with van der Waals surface area (Å²) in [5.74, 6) is 0.930. The quantitative estimate of drug-likeness (QED) is 0.813. The summed E-state index contributed by atoms with van der Waals surface area (Å²) in [6.07, 6.45) is 3.19. The fourth-order valence-corrected chi connectivity index (χ4v) is 3.45. The first-order valence-electron chi connectivity index (χ1n) is 7.74. The van der Waals surface area contributed by atoms with Gasteiger partial charge in [0.25, 0.3) is 0 Å². The molecule has 0 radical (unpaired) electrons. The van der Waals surface area contributed by atoms with E-state index in [9.17, 15) is 0 Å². The van der Waals surface area contributed by atoms with Gasteiger partial charge < -0.3 is 9.30 Å². The Morgan fingerprint density at radius 2 is 2.24 bits per heavy atom. The molecule has 3 heterocycles. The third kappa shape index (κ3) is 2.36. The third-order valence-electron chi connectivity index (χ3n) is 4.27. The number of alkyl halides is 1. The van der Waals surface area contributed by atoms with Crippen molar-refractivity contribution in [2.24, 2.45) is 7.05 Å². The number of aryl methyl sites for hydroxylation is 2. The van der Waals surface area contributed by atoms with Gasteiger partial charge in [0.1, 0.15) is 11.3 Å². The summed E-state index contributed by atoms with van der Waals surface area (Å²) < 4.78 is 9.95. The van der Waals surface area contributed by atoms with Crippen LogP contribution in [0.1, 0.15) is 56.6 Å². The van der Waals surface area contributed by atoms with Gasteiger partial charge >= 0.3 is 0 Å². The SMILES string of the molecule is CCCc1nn(C)c2c1nc(C(C)Cl)n2C1CCOC1C. The van der Waals surface area contributed by atoms with Crippen LogP contribution in [0.3, 0.4) is 0 Å². The lowest BCUT2D eigenvalue weighted by atomic mass is 10.1. The summed E-state index contributed by atoms with van der Waals surface area (Å²) in [4.78, 5) is 4.82. The maximum Gasteiger partial charge on any atom is 0.159 e. The molecule has 116 valence electrons. The van der Waals surface area contributed by atoms with E-state index in [0.29, 0.717) is 0 Å². The minimum Gasteiger partial charge on any atom is -0.376 e. The Hall–Kier alpha value is -1.07. The Morgan fingerprint density at radius 1 is 1.48 bits per heavy atom. The first-order valence-corrected chi connectivity index (χ1v) is 8.17. The Bertz CT molecular complexity index is 646. The number of fused-ring (bicyclic) bond motifs is 1. The van der Waals surface area contributed by atoms with Crippen LogP contribution in [-0.2, 0) is 18.2 Å². The molecule has 0 bridgehead atoms. The van der Waals surface area contributed by atoms with Gasteiger partial charge in [0.2, 0.25) is 0 Å². The molecule has 2 aromatic rings. The maximum atomic E-state index is 6.39. The second-order valence-corrected chi connectivity index (χ2v) is 6.54. The van der Waals surface area contributed by atoms with Crippen LogP contribution in [0.2, 0.25) is 0 Å². The summed E-state index contributed by atoms with van der Waals surface area (Å²) in [5, 5.41) is 4.52. The fraction of sp³-hybridized carbons (Fsp3) is 0.733. The van der Waals surface area contributed by atoms with Crippen LogP contribution in [0.4, 0.5) is 0 Å². The van der Waals surface area contributed by atoms with Crippen LogP contribution in [-0.4, -0.2) is 32.0 Å². The molecule has 6 heteroatoms. The second kappa shape index (κ2) is 5.61. The molecule has 3 unspecified atom stereocenters. The van der Waals surface area contributed by atoms with Gasteiger partial charge in [0.05, 0.1) is 23.2 Å². The van der Waals surface area contributed by atoms with E-state index < -0.39 is 0 Å². The number of nitrogens with zero attached hydrogens (tertiary/aromatic N) is 4. The summed E-state index contributed by atoms with van der Waals surface area (Å²) in [6, 6.07) is 0.288. The van der Waals surface area contributed by atoms with Crippen LogP contribution in [0.15, 0.2) is 0 Å². The molecule has 0 amide bonds. The molecule has 2 aromatic heterocycles. The highest BCUT2D eigenvalue weighted by atomic mass is 35.5. The van der Waals surface area contributed by atoms with Crippen molar-refractivity contribution < 1.29 is 4.74 Å². The first kappa shape index (κ1) is 14.9. The predicted molar refractivity (Wildman–Crippen MR) is 83.8 cm³/mol. The number of aromatic nitrogens is 4. The molecule has 21 heavy (non-hydrogen) atoms. The monoisotopic (exact) mass is 310 g/mol. The summed E-state index contributed by atoms with van der Waals surface area (Å²) in [5.41, 5.74) is 3.14. The van der Waals surface area contributed by atoms with Gasteiger partial charge in [-0.25, -0.2) is 4.98 Å². The average molecular weight is 311 g/mol. The van der Waals surface area contributed by atoms with Crippen molar-refractivity contribution in [1.29, 1.82) is 0 Å². The van der Waals surface area contributed by atoms with E-state index in [2.05, 4.69) is 23.5 Å². The maximum absolute atomic E-state index is 6.39. The standard InChI is InChI=1S/C15H23ClN4O/c1-5-6-11-13-15(19(4)18-11)20(14(17-13)9(2)16)12-7-8-21-10(12)3/h9-10,12H,5-8H2,1-4H3. The molecule has 3 rings (SSSR count). The van der Waals surface area contributed by atoms with Crippen LogP contribution >= 0.6 is 11.6 Å². The number of imidazole rings is 1. The summed E-state index contributed by atoms with van der Waals surface area (Å²) >= 11 is 6.39. The molecule has 3 atom stereocenters. The molecule has 0 aromatic carbocycles. The lowest BCUT2D eigenvalue weighted by Crippen LogP contribution is -2.20. The number of halogens is 1. The molecule has 1 aliphatic heterocycles. The number of rotatable bonds is 4. The first-order chi connectivity index (χ1) is 10.0. The molecule has 1 saturated heterocycles. The topological polar surface area (TPSA) is 44.9 Å². The fourth-order valence-electron chi connectivity index (χ4n) is 3.29. The summed E-state index contributed by atoms with van der Waals surface area (Å²) in [7, 11) is 1.99. The molecule has 0 aliphatic carbocycles. The van der Waals surface area contributed by atoms with Crippen molar-refractivity contribution >= 4 is 22.8 Å². The normalized spacial score (nSPS) is 24.0. The van der Waals surface area contributed by atoms with Gasteiger partial charge in [-0.3, -0.25) is 4.68 Å². The molecule has 1 fully saturated rings. The molecule has 1 aliphatic rings. The van der Waals surface area contributed by atoms with Crippen molar-refractivity contribution in [3.8, 4) is 0 Å². The van der Waals surface area contributed by atoms with E-state index in [0.717, 1.165) is 48.6 Å². The largest absolute Gasteiger partial charge is 0.376 e. The van der Waals surface area contributed by atoms with Crippen LogP contribution < -0.4 is 0 Å². The van der Waals surface area contributed by atoms with Crippen molar-refractivity contribution in [3.63, 3.8) is 0 Å². The highest BCUT2D eigenvalue weighted by Gasteiger charge is 2.32. The van der Waals surface area contributed by atoms with E-state index in [1.807, 2.05) is 18.7 Å². The van der Waals surface area contributed by atoms with Gasteiger partial charge in [0.15, 0.2) is 5.65 Å². The van der Waals surface area contributed by atoms with Crippen molar-refractivity contribution in [1.82, 2.24) is 19.3 Å².